The Hall–Kier alpha value is -1.54. The van der Waals surface area contributed by atoms with Crippen molar-refractivity contribution >= 4 is 34.1 Å². The molecule has 1 aliphatic heterocycles. The van der Waals surface area contributed by atoms with Gasteiger partial charge in [-0.1, -0.05) is 35.9 Å². The molecular formula is C16H22N4O2S2. The Morgan fingerprint density at radius 2 is 2.17 bits per heavy atom. The summed E-state index contributed by atoms with van der Waals surface area (Å²) in [5.41, 5.74) is 0. The molecule has 1 N–H and O–H groups in total. The zero-order valence-electron chi connectivity index (χ0n) is 13.7. The third-order valence-electron chi connectivity index (χ3n) is 3.94. The van der Waals surface area contributed by atoms with E-state index < -0.39 is 0 Å². The fourth-order valence-corrected chi connectivity index (χ4v) is 4.63. The Kier molecular flexibility index (Phi) is 6.14. The molecule has 130 valence electrons. The lowest BCUT2D eigenvalue weighted by Crippen LogP contribution is -2.37. The monoisotopic (exact) mass is 366 g/mol. The summed E-state index contributed by atoms with van der Waals surface area (Å²) in [5.74, 6) is 1.06. The molecule has 1 fully saturated rings. The van der Waals surface area contributed by atoms with E-state index in [0.29, 0.717) is 6.54 Å². The average molecular weight is 367 g/mol. The van der Waals surface area contributed by atoms with Crippen molar-refractivity contribution in [1.82, 2.24) is 15.1 Å². The van der Waals surface area contributed by atoms with Gasteiger partial charge in [-0.3, -0.25) is 4.79 Å². The van der Waals surface area contributed by atoms with Gasteiger partial charge >= 0.3 is 0 Å². The van der Waals surface area contributed by atoms with Gasteiger partial charge in [0.15, 0.2) is 4.34 Å². The number of anilines is 1. The second-order valence-corrected chi connectivity index (χ2v) is 8.37. The molecule has 2 aromatic heterocycles. The lowest BCUT2D eigenvalue weighted by atomic mass is 10.2. The first-order chi connectivity index (χ1) is 11.7. The Morgan fingerprint density at radius 1 is 1.38 bits per heavy atom. The van der Waals surface area contributed by atoms with E-state index in [2.05, 4.69) is 15.5 Å². The highest BCUT2D eigenvalue weighted by Crippen LogP contribution is 2.30. The number of furan rings is 1. The van der Waals surface area contributed by atoms with E-state index in [-0.39, 0.29) is 11.2 Å². The Labute approximate surface area is 150 Å². The number of likely N-dealkylation sites (tertiary alicyclic amines) is 1. The first kappa shape index (κ1) is 17.3. The molecule has 0 aliphatic carbocycles. The van der Waals surface area contributed by atoms with Crippen LogP contribution in [0.15, 0.2) is 27.2 Å². The van der Waals surface area contributed by atoms with Gasteiger partial charge in [0.2, 0.25) is 11.0 Å². The van der Waals surface area contributed by atoms with Crippen LogP contribution < -0.4 is 5.32 Å². The minimum Gasteiger partial charge on any atom is -0.467 e. The van der Waals surface area contributed by atoms with Crippen LogP contribution in [0.3, 0.4) is 0 Å². The Morgan fingerprint density at radius 3 is 2.88 bits per heavy atom. The van der Waals surface area contributed by atoms with Crippen LogP contribution in [0.2, 0.25) is 0 Å². The maximum absolute atomic E-state index is 12.6. The van der Waals surface area contributed by atoms with Crippen molar-refractivity contribution in [2.75, 3.05) is 18.4 Å². The summed E-state index contributed by atoms with van der Waals surface area (Å²) in [5, 5.41) is 12.1. The molecule has 3 heterocycles. The topological polar surface area (TPSA) is 71.3 Å². The van der Waals surface area contributed by atoms with E-state index in [4.69, 9.17) is 4.42 Å². The number of carbonyl (C=O) groups is 1. The van der Waals surface area contributed by atoms with Crippen LogP contribution in [0.4, 0.5) is 5.13 Å². The number of aromatic nitrogens is 2. The molecule has 0 radical (unpaired) electrons. The largest absolute Gasteiger partial charge is 0.467 e. The third-order valence-corrected chi connectivity index (χ3v) is 6.00. The minimum atomic E-state index is -0.131. The summed E-state index contributed by atoms with van der Waals surface area (Å²) in [6.45, 7) is 4.30. The van der Waals surface area contributed by atoms with Crippen molar-refractivity contribution in [3.63, 3.8) is 0 Å². The van der Waals surface area contributed by atoms with Gasteiger partial charge in [0, 0.05) is 13.1 Å². The Balaban J connectivity index is 1.50. The number of amides is 1. The van der Waals surface area contributed by atoms with E-state index in [9.17, 15) is 4.79 Å². The molecule has 1 amide bonds. The fraction of sp³-hybridized carbons (Fsp3) is 0.562. The highest BCUT2D eigenvalue weighted by atomic mass is 32.2. The van der Waals surface area contributed by atoms with Gasteiger partial charge in [-0.25, -0.2) is 0 Å². The van der Waals surface area contributed by atoms with Gasteiger partial charge in [0.25, 0.3) is 0 Å². The molecule has 2 aromatic rings. The SMILES string of the molecule is C[C@@H](Sc1nnc(NCc2ccco2)s1)C(=O)N1CCCCCC1. The van der Waals surface area contributed by atoms with Gasteiger partial charge in [-0.15, -0.1) is 10.2 Å². The minimum absolute atomic E-state index is 0.131. The lowest BCUT2D eigenvalue weighted by Gasteiger charge is -2.23. The van der Waals surface area contributed by atoms with Crippen LogP contribution in [0.5, 0.6) is 0 Å². The molecule has 3 rings (SSSR count). The molecule has 0 aromatic carbocycles. The molecule has 6 nitrogen and oxygen atoms in total. The molecule has 24 heavy (non-hydrogen) atoms. The molecule has 0 bridgehead atoms. The molecule has 8 heteroatoms. The van der Waals surface area contributed by atoms with Crippen LogP contribution in [-0.4, -0.2) is 39.3 Å². The standard InChI is InChI=1S/C16H22N4O2S2/c1-12(14(21)20-8-4-2-3-5-9-20)23-16-19-18-15(24-16)17-11-13-7-6-10-22-13/h6-7,10,12H,2-5,8-9,11H2,1H3,(H,17,18)/t12-/m1/s1. The second kappa shape index (κ2) is 8.53. The predicted octanol–water partition coefficient (Wildman–Crippen LogP) is 3.63. The number of nitrogens with zero attached hydrogens (tertiary/aromatic N) is 3. The number of thioether (sulfide) groups is 1. The summed E-state index contributed by atoms with van der Waals surface area (Å²) >= 11 is 2.96. The van der Waals surface area contributed by atoms with Crippen LogP contribution in [-0.2, 0) is 11.3 Å². The van der Waals surface area contributed by atoms with E-state index in [0.717, 1.165) is 41.2 Å². The third kappa shape index (κ3) is 4.73. The number of rotatable bonds is 6. The van der Waals surface area contributed by atoms with E-state index in [1.807, 2.05) is 24.0 Å². The molecule has 0 spiro atoms. The predicted molar refractivity (Wildman–Crippen MR) is 96.3 cm³/mol. The van der Waals surface area contributed by atoms with Gasteiger partial charge in [-0.2, -0.15) is 0 Å². The fourth-order valence-electron chi connectivity index (χ4n) is 2.65. The van der Waals surface area contributed by atoms with Crippen molar-refractivity contribution < 1.29 is 9.21 Å². The van der Waals surface area contributed by atoms with E-state index in [1.165, 1.54) is 35.9 Å². The van der Waals surface area contributed by atoms with Gasteiger partial charge in [0.1, 0.15) is 5.76 Å². The lowest BCUT2D eigenvalue weighted by molar-refractivity contribution is -0.130. The number of hydrogen-bond donors (Lipinski definition) is 1. The smallest absolute Gasteiger partial charge is 0.235 e. The molecule has 1 atom stereocenters. The first-order valence-electron chi connectivity index (χ1n) is 8.27. The zero-order chi connectivity index (χ0) is 16.8. The van der Waals surface area contributed by atoms with E-state index >= 15 is 0 Å². The molecule has 0 unspecified atom stereocenters. The van der Waals surface area contributed by atoms with Gasteiger partial charge in [-0.05, 0) is 31.9 Å². The normalized spacial score (nSPS) is 16.6. The van der Waals surface area contributed by atoms with Crippen LogP contribution >= 0.6 is 23.1 Å². The first-order valence-corrected chi connectivity index (χ1v) is 9.97. The van der Waals surface area contributed by atoms with Crippen molar-refractivity contribution in [1.29, 1.82) is 0 Å². The molecule has 1 aliphatic rings. The molecule has 1 saturated heterocycles. The van der Waals surface area contributed by atoms with Crippen molar-refractivity contribution in [3.05, 3.63) is 24.2 Å². The number of hydrogen-bond acceptors (Lipinski definition) is 7. The highest BCUT2D eigenvalue weighted by Gasteiger charge is 2.23. The van der Waals surface area contributed by atoms with Gasteiger partial charge < -0.3 is 14.6 Å². The zero-order valence-corrected chi connectivity index (χ0v) is 15.4. The van der Waals surface area contributed by atoms with E-state index in [1.54, 1.807) is 6.26 Å². The van der Waals surface area contributed by atoms with Gasteiger partial charge in [0.05, 0.1) is 18.1 Å². The maximum atomic E-state index is 12.6. The molecule has 0 saturated carbocycles. The average Bonchev–Trinajstić information content (AvgIpc) is 3.18. The maximum Gasteiger partial charge on any atom is 0.235 e. The second-order valence-electron chi connectivity index (χ2n) is 5.81. The summed E-state index contributed by atoms with van der Waals surface area (Å²) in [4.78, 5) is 14.6. The van der Waals surface area contributed by atoms with Crippen LogP contribution in [0.25, 0.3) is 0 Å². The summed E-state index contributed by atoms with van der Waals surface area (Å²) in [7, 11) is 0. The number of carbonyl (C=O) groups excluding carboxylic acids is 1. The van der Waals surface area contributed by atoms with Crippen LogP contribution in [0.1, 0.15) is 38.4 Å². The summed E-state index contributed by atoms with van der Waals surface area (Å²) < 4.78 is 6.09. The number of nitrogens with one attached hydrogen (secondary N) is 1. The summed E-state index contributed by atoms with van der Waals surface area (Å²) in [6.07, 6.45) is 6.33. The highest BCUT2D eigenvalue weighted by molar-refractivity contribution is 8.02. The Bertz CT molecular complexity index is 636. The van der Waals surface area contributed by atoms with Crippen molar-refractivity contribution in [2.45, 2.75) is 48.7 Å². The van der Waals surface area contributed by atoms with Crippen molar-refractivity contribution in [3.8, 4) is 0 Å². The summed E-state index contributed by atoms with van der Waals surface area (Å²) in [6, 6.07) is 3.76. The molecular weight excluding hydrogens is 344 g/mol. The van der Waals surface area contributed by atoms with Crippen molar-refractivity contribution in [2.24, 2.45) is 0 Å². The quantitative estimate of drug-likeness (QED) is 0.787. The van der Waals surface area contributed by atoms with Crippen LogP contribution in [0, 0.1) is 0 Å².